The summed E-state index contributed by atoms with van der Waals surface area (Å²) in [7, 11) is 1.65. The van der Waals surface area contributed by atoms with E-state index in [1.165, 1.54) is 0 Å². The molecule has 178 valence electrons. The predicted octanol–water partition coefficient (Wildman–Crippen LogP) is 6.36. The number of aromatic amines is 1. The number of pyridine rings is 1. The minimum Gasteiger partial charge on any atom is -0.497 e. The van der Waals surface area contributed by atoms with Crippen LogP contribution < -0.4 is 15.6 Å². The average Bonchev–Trinajstić information content (AvgIpc) is 3.23. The fraction of sp³-hybridized carbons (Fsp3) is 0.333. The molecule has 0 spiro atoms. The van der Waals surface area contributed by atoms with Crippen molar-refractivity contribution in [1.29, 1.82) is 0 Å². The summed E-state index contributed by atoms with van der Waals surface area (Å²) in [6.07, 6.45) is -0.413. The second-order valence-electron chi connectivity index (χ2n) is 9.58. The molecule has 0 aliphatic heterocycles. The molecular formula is C27H30N2O4S. The van der Waals surface area contributed by atoms with Gasteiger partial charge in [-0.15, -0.1) is 11.3 Å². The minimum absolute atomic E-state index is 0.0864. The van der Waals surface area contributed by atoms with Crippen molar-refractivity contribution in [2.24, 2.45) is 0 Å². The van der Waals surface area contributed by atoms with Crippen molar-refractivity contribution in [3.05, 3.63) is 63.3 Å². The van der Waals surface area contributed by atoms with Crippen LogP contribution in [-0.2, 0) is 4.74 Å². The predicted molar refractivity (Wildman–Crippen MR) is 139 cm³/mol. The van der Waals surface area contributed by atoms with Crippen LogP contribution >= 0.6 is 11.3 Å². The van der Waals surface area contributed by atoms with Crippen LogP contribution in [0.3, 0.4) is 0 Å². The molecule has 2 aromatic heterocycles. The number of amides is 1. The molecule has 0 unspecified atom stereocenters. The number of carbonyl (C=O) groups is 1. The van der Waals surface area contributed by atoms with Gasteiger partial charge in [-0.3, -0.25) is 4.79 Å². The van der Waals surface area contributed by atoms with Crippen molar-refractivity contribution in [3.63, 3.8) is 0 Å². The normalized spacial score (nSPS) is 12.6. The van der Waals surface area contributed by atoms with E-state index in [1.807, 2.05) is 45.2 Å². The maximum absolute atomic E-state index is 12.8. The van der Waals surface area contributed by atoms with Gasteiger partial charge in [0.25, 0.3) is 5.56 Å². The zero-order valence-corrected chi connectivity index (χ0v) is 21.2. The number of rotatable bonds is 5. The summed E-state index contributed by atoms with van der Waals surface area (Å²) in [6, 6.07) is 12.2. The van der Waals surface area contributed by atoms with Crippen molar-refractivity contribution >= 4 is 39.1 Å². The van der Waals surface area contributed by atoms with Gasteiger partial charge in [0, 0.05) is 27.6 Å². The van der Waals surface area contributed by atoms with Crippen molar-refractivity contribution in [2.45, 2.75) is 46.1 Å². The van der Waals surface area contributed by atoms with Gasteiger partial charge in [-0.2, -0.15) is 0 Å². The molecular weight excluding hydrogens is 448 g/mol. The van der Waals surface area contributed by atoms with E-state index in [0.717, 1.165) is 43.6 Å². The molecule has 34 heavy (non-hydrogen) atoms. The van der Waals surface area contributed by atoms with Gasteiger partial charge in [0.15, 0.2) is 0 Å². The molecule has 4 rings (SSSR count). The number of benzene rings is 2. The lowest BCUT2D eigenvalue weighted by molar-refractivity contribution is 0.0525. The molecule has 0 saturated heterocycles. The monoisotopic (exact) mass is 478 g/mol. The lowest BCUT2D eigenvalue weighted by Crippen LogP contribution is -2.34. The Labute approximate surface area is 202 Å². The molecule has 0 bridgehead atoms. The first-order valence-electron chi connectivity index (χ1n) is 11.3. The van der Waals surface area contributed by atoms with E-state index in [-0.39, 0.29) is 11.5 Å². The van der Waals surface area contributed by atoms with Crippen LogP contribution in [0.4, 0.5) is 4.79 Å². The molecule has 2 heterocycles. The topological polar surface area (TPSA) is 80.4 Å². The number of H-pyrrole nitrogens is 1. The Hall–Kier alpha value is -3.32. The molecule has 0 fully saturated rings. The third kappa shape index (κ3) is 4.80. The quantitative estimate of drug-likeness (QED) is 0.350. The highest BCUT2D eigenvalue weighted by Crippen LogP contribution is 2.39. The van der Waals surface area contributed by atoms with Crippen molar-refractivity contribution in [2.75, 3.05) is 13.7 Å². The van der Waals surface area contributed by atoms with Gasteiger partial charge in [-0.25, -0.2) is 4.79 Å². The number of aromatic nitrogens is 1. The summed E-state index contributed by atoms with van der Waals surface area (Å²) in [6.45, 7) is 10.1. The molecule has 6 nitrogen and oxygen atoms in total. The SMILES string of the molecule is COc1cc(C)c2[nH]c(=O)c3csc(-c4ccc([C@@H](C)CNC(=O)OC(C)(C)C)cc4)c3c2c1. The Bertz CT molecular complexity index is 1410. The van der Waals surface area contributed by atoms with Crippen LogP contribution in [-0.4, -0.2) is 30.3 Å². The van der Waals surface area contributed by atoms with Gasteiger partial charge in [-0.05, 0) is 62.4 Å². The standard InChI is InChI=1S/C27H30N2O4S/c1-15-11-19(32-6)12-20-22-21(25(30)29-23(15)20)14-34-24(22)18-9-7-17(8-10-18)16(2)13-28-26(31)33-27(3,4)5/h7-12,14,16H,13H2,1-6H3,(H,28,31)(H,29,30)/t16-/m0/s1. The zero-order valence-electron chi connectivity index (χ0n) is 20.4. The smallest absolute Gasteiger partial charge is 0.407 e. The highest BCUT2D eigenvalue weighted by atomic mass is 32.1. The van der Waals surface area contributed by atoms with E-state index in [9.17, 15) is 9.59 Å². The number of hydrogen-bond acceptors (Lipinski definition) is 5. The van der Waals surface area contributed by atoms with Gasteiger partial charge in [0.1, 0.15) is 11.4 Å². The second-order valence-corrected chi connectivity index (χ2v) is 10.5. The highest BCUT2D eigenvalue weighted by Gasteiger charge is 2.18. The Kier molecular flexibility index (Phi) is 6.41. The van der Waals surface area contributed by atoms with Gasteiger partial charge in [0.05, 0.1) is 18.0 Å². The van der Waals surface area contributed by atoms with Crippen molar-refractivity contribution in [1.82, 2.24) is 10.3 Å². The lowest BCUT2D eigenvalue weighted by Gasteiger charge is -2.21. The first-order valence-corrected chi connectivity index (χ1v) is 12.1. The molecule has 2 aromatic carbocycles. The maximum Gasteiger partial charge on any atom is 0.407 e. The fourth-order valence-corrected chi connectivity index (χ4v) is 5.12. The van der Waals surface area contributed by atoms with E-state index in [2.05, 4.69) is 41.5 Å². The third-order valence-corrected chi connectivity index (χ3v) is 6.81. The number of thiophene rings is 1. The van der Waals surface area contributed by atoms with E-state index in [0.29, 0.717) is 11.9 Å². The average molecular weight is 479 g/mol. The van der Waals surface area contributed by atoms with Crippen LogP contribution in [0, 0.1) is 6.92 Å². The lowest BCUT2D eigenvalue weighted by atomic mass is 9.98. The van der Waals surface area contributed by atoms with E-state index in [4.69, 9.17) is 9.47 Å². The van der Waals surface area contributed by atoms with Gasteiger partial charge >= 0.3 is 6.09 Å². The zero-order chi connectivity index (χ0) is 24.6. The number of ether oxygens (including phenoxy) is 2. The number of carbonyl (C=O) groups excluding carboxylic acids is 1. The molecule has 1 amide bonds. The van der Waals surface area contributed by atoms with E-state index < -0.39 is 11.7 Å². The summed E-state index contributed by atoms with van der Waals surface area (Å²) >= 11 is 1.56. The van der Waals surface area contributed by atoms with E-state index in [1.54, 1.807) is 18.4 Å². The molecule has 0 aliphatic rings. The first kappa shape index (κ1) is 23.8. The fourth-order valence-electron chi connectivity index (χ4n) is 4.05. The highest BCUT2D eigenvalue weighted by molar-refractivity contribution is 7.15. The molecule has 2 N–H and O–H groups in total. The third-order valence-electron chi connectivity index (χ3n) is 5.78. The number of aryl methyl sites for hydroxylation is 1. The van der Waals surface area contributed by atoms with Crippen LogP contribution in [0.15, 0.2) is 46.6 Å². The summed E-state index contributed by atoms with van der Waals surface area (Å²) in [4.78, 5) is 28.8. The van der Waals surface area contributed by atoms with Crippen LogP contribution in [0.2, 0.25) is 0 Å². The number of fused-ring (bicyclic) bond motifs is 3. The Balaban J connectivity index is 1.65. The van der Waals surface area contributed by atoms with Gasteiger partial charge < -0.3 is 19.8 Å². The molecule has 0 aliphatic carbocycles. The van der Waals surface area contributed by atoms with Crippen molar-refractivity contribution in [3.8, 4) is 16.2 Å². The van der Waals surface area contributed by atoms with Crippen LogP contribution in [0.25, 0.3) is 32.1 Å². The summed E-state index contributed by atoms with van der Waals surface area (Å²) in [5.74, 6) is 0.884. The van der Waals surface area contributed by atoms with Crippen molar-refractivity contribution < 1.29 is 14.3 Å². The number of hydrogen-bond donors (Lipinski definition) is 2. The summed E-state index contributed by atoms with van der Waals surface area (Å²) < 4.78 is 10.8. The minimum atomic E-state index is -0.521. The van der Waals surface area contributed by atoms with Crippen LogP contribution in [0.5, 0.6) is 5.75 Å². The first-order chi connectivity index (χ1) is 16.1. The molecule has 0 radical (unpaired) electrons. The number of nitrogens with one attached hydrogen (secondary N) is 2. The molecule has 1 atom stereocenters. The molecule has 4 aromatic rings. The summed E-state index contributed by atoms with van der Waals surface area (Å²) in [5.41, 5.74) is 3.34. The largest absolute Gasteiger partial charge is 0.497 e. The second kappa shape index (κ2) is 9.14. The van der Waals surface area contributed by atoms with E-state index >= 15 is 0 Å². The maximum atomic E-state index is 12.8. The Morgan fingerprint density at radius 3 is 2.50 bits per heavy atom. The molecule has 7 heteroatoms. The van der Waals surface area contributed by atoms with Gasteiger partial charge in [-0.1, -0.05) is 31.2 Å². The number of alkyl carbamates (subject to hydrolysis) is 1. The van der Waals surface area contributed by atoms with Gasteiger partial charge in [0.2, 0.25) is 0 Å². The molecule has 0 saturated carbocycles. The number of methoxy groups -OCH3 is 1. The Morgan fingerprint density at radius 1 is 1.15 bits per heavy atom. The summed E-state index contributed by atoms with van der Waals surface area (Å²) in [5, 5.41) is 7.35. The van der Waals surface area contributed by atoms with Crippen LogP contribution in [0.1, 0.15) is 44.7 Å². The Morgan fingerprint density at radius 2 is 1.85 bits per heavy atom.